The van der Waals surface area contributed by atoms with Gasteiger partial charge in [-0.2, -0.15) is 26.1 Å². The molecule has 27 heavy (non-hydrogen) atoms. The number of fused-ring (bicyclic) bond motifs is 1. The lowest BCUT2D eigenvalue weighted by molar-refractivity contribution is -0.139. The molecule has 150 valence electrons. The maximum atomic E-state index is 11.2. The molecule has 1 aliphatic rings. The van der Waals surface area contributed by atoms with E-state index in [4.69, 9.17) is 15.6 Å². The van der Waals surface area contributed by atoms with Crippen LogP contribution >= 0.6 is 26.1 Å². The standard InChI is InChI=1S/C14H20N6O5S.H2S/c15-11-8-12(18-4-17-11)20(5-19-8)13-10(22)9(21)7(25-13)3-16-6(1-2-26)14(23)24;/h4-7,9-10,13,16,21-22,26H,1-3H2,(H,23,24)(H2,15,17,18);1H2/t6?,7-,9-,10-,13-;/m1./s1. The van der Waals surface area contributed by atoms with Crippen LogP contribution in [0.3, 0.4) is 0 Å². The second-order valence-electron chi connectivity index (χ2n) is 5.94. The largest absolute Gasteiger partial charge is 0.480 e. The zero-order valence-corrected chi connectivity index (χ0v) is 16.0. The summed E-state index contributed by atoms with van der Waals surface area (Å²) in [6.07, 6.45) is -1.24. The molecule has 6 N–H and O–H groups in total. The first-order valence-electron chi connectivity index (χ1n) is 7.95. The first kappa shape index (κ1) is 21.7. The van der Waals surface area contributed by atoms with Crippen LogP contribution in [-0.4, -0.2) is 77.5 Å². The zero-order chi connectivity index (χ0) is 18.8. The number of nitrogens with zero attached hydrogens (tertiary/aromatic N) is 4. The summed E-state index contributed by atoms with van der Waals surface area (Å²) in [7, 11) is 0. The lowest BCUT2D eigenvalue weighted by atomic mass is 10.1. The van der Waals surface area contributed by atoms with Gasteiger partial charge in [0.1, 0.15) is 36.2 Å². The average molecular weight is 419 g/mol. The molecule has 0 aromatic carbocycles. The molecule has 0 saturated carbocycles. The first-order valence-corrected chi connectivity index (χ1v) is 8.59. The number of ether oxygens (including phenoxy) is 1. The number of hydrogen-bond donors (Lipinski definition) is 6. The Morgan fingerprint density at radius 1 is 1.37 bits per heavy atom. The lowest BCUT2D eigenvalue weighted by Crippen LogP contribution is -2.44. The number of anilines is 1. The van der Waals surface area contributed by atoms with Gasteiger partial charge in [0.15, 0.2) is 17.7 Å². The van der Waals surface area contributed by atoms with Crippen molar-refractivity contribution in [2.45, 2.75) is 37.0 Å². The number of rotatable bonds is 7. The molecule has 2 aromatic heterocycles. The van der Waals surface area contributed by atoms with Crippen LogP contribution in [0.1, 0.15) is 12.6 Å². The van der Waals surface area contributed by atoms with Crippen LogP contribution in [0.15, 0.2) is 12.7 Å². The maximum Gasteiger partial charge on any atom is 0.320 e. The number of nitrogen functional groups attached to an aromatic ring is 1. The number of nitrogens with one attached hydrogen (secondary N) is 1. The second kappa shape index (κ2) is 9.03. The van der Waals surface area contributed by atoms with Crippen molar-refractivity contribution in [2.75, 3.05) is 18.0 Å². The molecule has 2 aromatic rings. The number of hydrogen-bond acceptors (Lipinski definition) is 10. The van der Waals surface area contributed by atoms with Crippen molar-refractivity contribution < 1.29 is 24.9 Å². The van der Waals surface area contributed by atoms with Gasteiger partial charge in [-0.1, -0.05) is 0 Å². The summed E-state index contributed by atoms with van der Waals surface area (Å²) in [5.41, 5.74) is 6.47. The predicted molar refractivity (Wildman–Crippen MR) is 104 cm³/mol. The van der Waals surface area contributed by atoms with Crippen molar-refractivity contribution in [3.8, 4) is 0 Å². The smallest absolute Gasteiger partial charge is 0.320 e. The monoisotopic (exact) mass is 418 g/mol. The summed E-state index contributed by atoms with van der Waals surface area (Å²) < 4.78 is 7.20. The molecule has 0 bridgehead atoms. The molecule has 5 atom stereocenters. The minimum atomic E-state index is -1.25. The molecule has 0 aliphatic carbocycles. The fourth-order valence-electron chi connectivity index (χ4n) is 2.88. The number of thiol groups is 1. The number of aliphatic hydroxyl groups excluding tert-OH is 2. The van der Waals surface area contributed by atoms with E-state index in [2.05, 4.69) is 32.9 Å². The highest BCUT2D eigenvalue weighted by Crippen LogP contribution is 2.31. The molecule has 11 nitrogen and oxygen atoms in total. The van der Waals surface area contributed by atoms with Gasteiger partial charge in [0.25, 0.3) is 0 Å². The predicted octanol–water partition coefficient (Wildman–Crippen LogP) is -1.50. The zero-order valence-electron chi connectivity index (χ0n) is 14.1. The van der Waals surface area contributed by atoms with Crippen LogP contribution in [0, 0.1) is 0 Å². The molecule has 0 radical (unpaired) electrons. The number of imidazole rings is 1. The average Bonchev–Trinajstić information content (AvgIpc) is 3.15. The lowest BCUT2D eigenvalue weighted by Gasteiger charge is -2.19. The van der Waals surface area contributed by atoms with Crippen LogP contribution < -0.4 is 11.1 Å². The van der Waals surface area contributed by atoms with Crippen molar-refractivity contribution in [1.82, 2.24) is 24.8 Å². The van der Waals surface area contributed by atoms with Gasteiger partial charge in [0, 0.05) is 6.54 Å². The Bertz CT molecular complexity index is 792. The van der Waals surface area contributed by atoms with Gasteiger partial charge < -0.3 is 31.1 Å². The number of aromatic nitrogens is 4. The van der Waals surface area contributed by atoms with Gasteiger partial charge in [-0.3, -0.25) is 9.36 Å². The van der Waals surface area contributed by atoms with E-state index in [1.165, 1.54) is 17.2 Å². The summed E-state index contributed by atoms with van der Waals surface area (Å²) >= 11 is 4.03. The van der Waals surface area contributed by atoms with Crippen LogP contribution in [0.25, 0.3) is 11.2 Å². The Morgan fingerprint density at radius 2 is 2.11 bits per heavy atom. The number of aliphatic hydroxyl groups is 2. The van der Waals surface area contributed by atoms with Crippen molar-refractivity contribution in [3.05, 3.63) is 12.7 Å². The number of carbonyl (C=O) groups is 1. The third-order valence-electron chi connectivity index (χ3n) is 4.28. The van der Waals surface area contributed by atoms with E-state index >= 15 is 0 Å². The molecule has 3 heterocycles. The summed E-state index contributed by atoms with van der Waals surface area (Å²) in [6, 6.07) is -0.818. The van der Waals surface area contributed by atoms with Gasteiger partial charge in [-0.25, -0.2) is 15.0 Å². The number of carboxylic acid groups (broad SMARTS) is 1. The van der Waals surface area contributed by atoms with Crippen LogP contribution in [0.4, 0.5) is 5.82 Å². The molecule has 1 aliphatic heterocycles. The third kappa shape index (κ3) is 4.28. The SMILES string of the molecule is Nc1ncnc2c1ncn2[C@@H]1O[C@H](CNC(CCS)C(=O)O)[C@@H](O)[C@H]1O.S. The van der Waals surface area contributed by atoms with Gasteiger partial charge in [0.05, 0.1) is 6.33 Å². The van der Waals surface area contributed by atoms with Crippen molar-refractivity contribution in [2.24, 2.45) is 0 Å². The Hall–Kier alpha value is -1.64. The summed E-state index contributed by atoms with van der Waals surface area (Å²) in [5, 5.41) is 32.6. The number of carboxylic acids is 1. The minimum absolute atomic E-state index is 0. The molecule has 1 fully saturated rings. The molecule has 0 amide bonds. The minimum Gasteiger partial charge on any atom is -0.480 e. The molecule has 1 unspecified atom stereocenters. The van der Waals surface area contributed by atoms with Crippen LogP contribution in [0.5, 0.6) is 0 Å². The van der Waals surface area contributed by atoms with Crippen LogP contribution in [-0.2, 0) is 9.53 Å². The van der Waals surface area contributed by atoms with E-state index in [-0.39, 0.29) is 25.9 Å². The molecule has 13 heteroatoms. The number of nitrogens with two attached hydrogens (primary N) is 1. The van der Waals surface area contributed by atoms with E-state index in [1.807, 2.05) is 0 Å². The topological polar surface area (TPSA) is 169 Å². The molecular formula is C14H22N6O5S2. The maximum absolute atomic E-state index is 11.2. The first-order chi connectivity index (χ1) is 12.4. The summed E-state index contributed by atoms with van der Waals surface area (Å²) in [4.78, 5) is 23.2. The summed E-state index contributed by atoms with van der Waals surface area (Å²) in [6.45, 7) is 0.0449. The highest BCUT2D eigenvalue weighted by molar-refractivity contribution is 7.80. The van der Waals surface area contributed by atoms with Gasteiger partial charge in [-0.15, -0.1) is 0 Å². The Morgan fingerprint density at radius 3 is 2.78 bits per heavy atom. The van der Waals surface area contributed by atoms with Crippen molar-refractivity contribution in [3.63, 3.8) is 0 Å². The normalized spacial score (nSPS) is 26.0. The highest BCUT2D eigenvalue weighted by Gasteiger charge is 2.44. The van der Waals surface area contributed by atoms with Crippen LogP contribution in [0.2, 0.25) is 0 Å². The Labute approximate surface area is 166 Å². The van der Waals surface area contributed by atoms with Gasteiger partial charge in [-0.05, 0) is 12.2 Å². The quantitative estimate of drug-likeness (QED) is 0.291. The van der Waals surface area contributed by atoms with E-state index in [0.717, 1.165) is 0 Å². The molecule has 3 rings (SSSR count). The molecular weight excluding hydrogens is 396 g/mol. The fourth-order valence-corrected chi connectivity index (χ4v) is 3.14. The number of aliphatic carboxylic acids is 1. The second-order valence-corrected chi connectivity index (χ2v) is 6.39. The molecule has 1 saturated heterocycles. The van der Waals surface area contributed by atoms with Gasteiger partial charge >= 0.3 is 5.97 Å². The molecule has 0 spiro atoms. The highest BCUT2D eigenvalue weighted by atomic mass is 32.1. The third-order valence-corrected chi connectivity index (χ3v) is 4.54. The Balaban J connectivity index is 0.00000261. The summed E-state index contributed by atoms with van der Waals surface area (Å²) in [5.74, 6) is -0.432. The van der Waals surface area contributed by atoms with Gasteiger partial charge in [0.2, 0.25) is 0 Å². The van der Waals surface area contributed by atoms with E-state index in [1.54, 1.807) is 0 Å². The van der Waals surface area contributed by atoms with E-state index < -0.39 is 36.6 Å². The Kier molecular flexibility index (Phi) is 7.25. The van der Waals surface area contributed by atoms with Crippen molar-refractivity contribution >= 4 is 49.1 Å². The van der Waals surface area contributed by atoms with E-state index in [9.17, 15) is 15.0 Å². The van der Waals surface area contributed by atoms with Crippen molar-refractivity contribution in [1.29, 1.82) is 0 Å². The van der Waals surface area contributed by atoms with E-state index in [0.29, 0.717) is 23.3 Å². The fraction of sp³-hybridized carbons (Fsp3) is 0.571.